The lowest BCUT2D eigenvalue weighted by molar-refractivity contribution is 0.0478. The van der Waals surface area contributed by atoms with Crippen molar-refractivity contribution in [1.82, 2.24) is 4.90 Å². The van der Waals surface area contributed by atoms with Crippen molar-refractivity contribution in [2.45, 2.75) is 13.5 Å². The highest BCUT2D eigenvalue weighted by Crippen LogP contribution is 2.21. The summed E-state index contributed by atoms with van der Waals surface area (Å²) in [6.07, 6.45) is 0. The second kappa shape index (κ2) is 4.64. The molecule has 0 radical (unpaired) electrons. The first-order chi connectivity index (χ1) is 7.19. The maximum Gasteiger partial charge on any atom is 0.0483 e. The number of aliphatic hydroxyl groups excluding tert-OH is 1. The molecule has 3 heteroatoms. The van der Waals surface area contributed by atoms with Crippen LogP contribution in [0, 0.1) is 12.8 Å². The van der Waals surface area contributed by atoms with Crippen molar-refractivity contribution in [3.05, 3.63) is 33.8 Å². The second-order valence-electron chi connectivity index (χ2n) is 4.31. The fourth-order valence-electron chi connectivity index (χ4n) is 2.00. The van der Waals surface area contributed by atoms with E-state index in [0.29, 0.717) is 12.5 Å². The lowest BCUT2D eigenvalue weighted by atomic mass is 9.99. The van der Waals surface area contributed by atoms with E-state index in [2.05, 4.69) is 46.0 Å². The highest BCUT2D eigenvalue weighted by molar-refractivity contribution is 9.10. The zero-order valence-corrected chi connectivity index (χ0v) is 10.5. The smallest absolute Gasteiger partial charge is 0.0483 e. The highest BCUT2D eigenvalue weighted by atomic mass is 79.9. The number of halogens is 1. The van der Waals surface area contributed by atoms with Crippen molar-refractivity contribution in [2.75, 3.05) is 19.7 Å². The van der Waals surface area contributed by atoms with Crippen LogP contribution in [-0.2, 0) is 6.54 Å². The summed E-state index contributed by atoms with van der Waals surface area (Å²) in [5, 5.41) is 8.93. The summed E-state index contributed by atoms with van der Waals surface area (Å²) in [7, 11) is 0. The largest absolute Gasteiger partial charge is 0.396 e. The van der Waals surface area contributed by atoms with E-state index in [1.165, 1.54) is 11.1 Å². The number of aliphatic hydroxyl groups is 1. The summed E-state index contributed by atoms with van der Waals surface area (Å²) in [5.41, 5.74) is 2.71. The Labute approximate surface area is 99.0 Å². The van der Waals surface area contributed by atoms with Gasteiger partial charge in [-0.1, -0.05) is 22.0 Å². The Balaban J connectivity index is 1.94. The third kappa shape index (κ3) is 2.60. The van der Waals surface area contributed by atoms with Gasteiger partial charge in [-0.2, -0.15) is 0 Å². The van der Waals surface area contributed by atoms with Crippen molar-refractivity contribution in [3.63, 3.8) is 0 Å². The lowest BCUT2D eigenvalue weighted by Crippen LogP contribution is -2.47. The minimum atomic E-state index is 0.329. The molecule has 1 heterocycles. The number of hydrogen-bond donors (Lipinski definition) is 1. The molecule has 82 valence electrons. The van der Waals surface area contributed by atoms with Crippen molar-refractivity contribution in [2.24, 2.45) is 5.92 Å². The Kier molecular flexibility index (Phi) is 3.44. The molecule has 0 unspecified atom stereocenters. The van der Waals surface area contributed by atoms with Gasteiger partial charge in [-0.05, 0) is 30.2 Å². The third-order valence-electron chi connectivity index (χ3n) is 2.99. The zero-order valence-electron chi connectivity index (χ0n) is 8.91. The molecule has 1 aliphatic heterocycles. The van der Waals surface area contributed by atoms with Crippen LogP contribution in [0.1, 0.15) is 11.1 Å². The molecule has 0 saturated carbocycles. The van der Waals surface area contributed by atoms with E-state index in [1.54, 1.807) is 0 Å². The summed E-state index contributed by atoms with van der Waals surface area (Å²) < 4.78 is 1.14. The van der Waals surface area contributed by atoms with Gasteiger partial charge in [0.1, 0.15) is 0 Å². The molecule has 1 N–H and O–H groups in total. The van der Waals surface area contributed by atoms with Gasteiger partial charge < -0.3 is 5.11 Å². The number of aryl methyl sites for hydroxylation is 1. The Hall–Kier alpha value is -0.380. The monoisotopic (exact) mass is 269 g/mol. The molecule has 1 fully saturated rings. The predicted molar refractivity (Wildman–Crippen MR) is 64.7 cm³/mol. The zero-order chi connectivity index (χ0) is 10.8. The van der Waals surface area contributed by atoms with Crippen LogP contribution >= 0.6 is 15.9 Å². The van der Waals surface area contributed by atoms with Crippen LogP contribution in [0.5, 0.6) is 0 Å². The molecular formula is C12H16BrNO. The molecule has 0 atom stereocenters. The van der Waals surface area contributed by atoms with Crippen LogP contribution in [0.2, 0.25) is 0 Å². The maximum atomic E-state index is 8.93. The van der Waals surface area contributed by atoms with E-state index >= 15 is 0 Å². The number of likely N-dealkylation sites (tertiary alicyclic amines) is 1. The number of benzene rings is 1. The van der Waals surface area contributed by atoms with E-state index in [0.717, 1.165) is 24.1 Å². The summed E-state index contributed by atoms with van der Waals surface area (Å²) >= 11 is 3.47. The van der Waals surface area contributed by atoms with Gasteiger partial charge in [-0.25, -0.2) is 0 Å². The molecule has 1 aliphatic rings. The van der Waals surface area contributed by atoms with Crippen molar-refractivity contribution in [3.8, 4) is 0 Å². The maximum absolute atomic E-state index is 8.93. The van der Waals surface area contributed by atoms with Crippen LogP contribution in [0.3, 0.4) is 0 Å². The molecule has 0 amide bonds. The standard InChI is InChI=1S/C12H16BrNO/c1-9-4-12(13)3-2-11(9)7-14-5-10(6-14)8-15/h2-4,10,15H,5-8H2,1H3. The van der Waals surface area contributed by atoms with Crippen LogP contribution in [0.25, 0.3) is 0 Å². The van der Waals surface area contributed by atoms with Crippen LogP contribution < -0.4 is 0 Å². The number of rotatable bonds is 3. The van der Waals surface area contributed by atoms with Gasteiger partial charge in [-0.3, -0.25) is 4.90 Å². The Morgan fingerprint density at radius 3 is 2.80 bits per heavy atom. The third-order valence-corrected chi connectivity index (χ3v) is 3.48. The average Bonchev–Trinajstić information content (AvgIpc) is 2.13. The van der Waals surface area contributed by atoms with Gasteiger partial charge in [-0.15, -0.1) is 0 Å². The first kappa shape index (κ1) is 11.1. The molecular weight excluding hydrogens is 254 g/mol. The van der Waals surface area contributed by atoms with E-state index in [9.17, 15) is 0 Å². The normalized spacial score (nSPS) is 17.8. The predicted octanol–water partition coefficient (Wildman–Crippen LogP) is 2.18. The summed E-state index contributed by atoms with van der Waals surface area (Å²) in [4.78, 5) is 2.37. The van der Waals surface area contributed by atoms with Gasteiger partial charge >= 0.3 is 0 Å². The molecule has 2 rings (SSSR count). The molecule has 1 aromatic carbocycles. The van der Waals surface area contributed by atoms with E-state index in [-0.39, 0.29) is 0 Å². The van der Waals surface area contributed by atoms with Crippen molar-refractivity contribution in [1.29, 1.82) is 0 Å². The first-order valence-electron chi connectivity index (χ1n) is 5.27. The quantitative estimate of drug-likeness (QED) is 0.910. The van der Waals surface area contributed by atoms with Crippen LogP contribution in [0.4, 0.5) is 0 Å². The Bertz CT molecular complexity index is 347. The molecule has 2 nitrogen and oxygen atoms in total. The van der Waals surface area contributed by atoms with Gasteiger partial charge in [0.15, 0.2) is 0 Å². The highest BCUT2D eigenvalue weighted by Gasteiger charge is 2.25. The SMILES string of the molecule is Cc1cc(Br)ccc1CN1CC(CO)C1. The van der Waals surface area contributed by atoms with Gasteiger partial charge in [0.05, 0.1) is 0 Å². The molecule has 15 heavy (non-hydrogen) atoms. The van der Waals surface area contributed by atoms with Gasteiger partial charge in [0.25, 0.3) is 0 Å². The minimum absolute atomic E-state index is 0.329. The Morgan fingerprint density at radius 2 is 2.20 bits per heavy atom. The van der Waals surface area contributed by atoms with Gasteiger partial charge in [0.2, 0.25) is 0 Å². The summed E-state index contributed by atoms with van der Waals surface area (Å²) in [6.45, 7) is 5.55. The van der Waals surface area contributed by atoms with Gasteiger partial charge in [0, 0.05) is 36.6 Å². The fourth-order valence-corrected chi connectivity index (χ4v) is 2.47. The first-order valence-corrected chi connectivity index (χ1v) is 6.06. The number of nitrogens with zero attached hydrogens (tertiary/aromatic N) is 1. The average molecular weight is 270 g/mol. The van der Waals surface area contributed by atoms with Crippen LogP contribution in [0.15, 0.2) is 22.7 Å². The molecule has 0 spiro atoms. The van der Waals surface area contributed by atoms with Crippen molar-refractivity contribution >= 4 is 15.9 Å². The topological polar surface area (TPSA) is 23.5 Å². The summed E-state index contributed by atoms with van der Waals surface area (Å²) in [5.74, 6) is 0.501. The molecule has 0 aliphatic carbocycles. The Morgan fingerprint density at radius 1 is 1.47 bits per heavy atom. The van der Waals surface area contributed by atoms with Crippen LogP contribution in [-0.4, -0.2) is 29.7 Å². The number of hydrogen-bond acceptors (Lipinski definition) is 2. The molecule has 1 saturated heterocycles. The second-order valence-corrected chi connectivity index (χ2v) is 5.23. The molecule has 0 aromatic heterocycles. The lowest BCUT2D eigenvalue weighted by Gasteiger charge is -2.38. The van der Waals surface area contributed by atoms with Crippen molar-refractivity contribution < 1.29 is 5.11 Å². The summed E-state index contributed by atoms with van der Waals surface area (Å²) in [6, 6.07) is 6.41. The molecule has 0 bridgehead atoms. The van der Waals surface area contributed by atoms with E-state index in [1.807, 2.05) is 0 Å². The van der Waals surface area contributed by atoms with E-state index in [4.69, 9.17) is 5.11 Å². The molecule has 1 aromatic rings. The fraction of sp³-hybridized carbons (Fsp3) is 0.500. The van der Waals surface area contributed by atoms with E-state index < -0.39 is 0 Å². The minimum Gasteiger partial charge on any atom is -0.396 e.